The molecule has 2 aromatic rings. The number of hydrogen-bond donors (Lipinski definition) is 1. The number of imidazole rings is 1. The number of rotatable bonds is 9. The van der Waals surface area contributed by atoms with Crippen molar-refractivity contribution >= 4 is 27.0 Å². The van der Waals surface area contributed by atoms with E-state index in [0.29, 0.717) is 24.9 Å². The molecule has 2 fully saturated rings. The molecule has 0 bridgehead atoms. The molecule has 0 radical (unpaired) electrons. The normalized spacial score (nSPS) is 18.8. The maximum atomic E-state index is 12.7. The lowest BCUT2D eigenvalue weighted by Crippen LogP contribution is -2.45. The molecule has 1 aliphatic heterocycles. The predicted octanol–water partition coefficient (Wildman–Crippen LogP) is 3.01. The number of nitrogens with zero attached hydrogens (tertiary/aromatic N) is 4. The van der Waals surface area contributed by atoms with Gasteiger partial charge in [-0.3, -0.25) is 4.79 Å². The summed E-state index contributed by atoms with van der Waals surface area (Å²) in [6.45, 7) is 6.13. The van der Waals surface area contributed by atoms with Gasteiger partial charge in [-0.25, -0.2) is 17.7 Å². The molecule has 1 saturated carbocycles. The van der Waals surface area contributed by atoms with E-state index in [1.54, 1.807) is 12.1 Å². The smallest absolute Gasteiger partial charge is 0.242 e. The Morgan fingerprint density at radius 3 is 2.50 bits per heavy atom. The molecule has 1 amide bonds. The molecule has 2 heterocycles. The standard InChI is InChI=1S/C25H39N5O3S/c1-4-30-23-10-9-21(34(32,33)28(2)3)17-22(23)27-24(30)11-12-25(31)26-20-13-15-29(16-14-20)18-19-7-5-6-8-19/h9-10,17,19-20H,4-8,11-16,18H2,1-3H3,(H,26,31). The molecule has 188 valence electrons. The largest absolute Gasteiger partial charge is 0.353 e. The Morgan fingerprint density at radius 2 is 1.85 bits per heavy atom. The summed E-state index contributed by atoms with van der Waals surface area (Å²) >= 11 is 0. The first-order chi connectivity index (χ1) is 16.3. The van der Waals surface area contributed by atoms with E-state index in [4.69, 9.17) is 0 Å². The van der Waals surface area contributed by atoms with Crippen molar-refractivity contribution in [2.45, 2.75) is 75.8 Å². The molecule has 1 aliphatic carbocycles. The highest BCUT2D eigenvalue weighted by Crippen LogP contribution is 2.27. The van der Waals surface area contributed by atoms with Gasteiger partial charge in [0, 0.05) is 59.2 Å². The van der Waals surface area contributed by atoms with Crippen LogP contribution >= 0.6 is 0 Å². The van der Waals surface area contributed by atoms with Gasteiger partial charge in [0.15, 0.2) is 0 Å². The van der Waals surface area contributed by atoms with Gasteiger partial charge in [0.05, 0.1) is 15.9 Å². The summed E-state index contributed by atoms with van der Waals surface area (Å²) in [6, 6.07) is 5.32. The van der Waals surface area contributed by atoms with Crippen molar-refractivity contribution in [3.8, 4) is 0 Å². The summed E-state index contributed by atoms with van der Waals surface area (Å²) in [7, 11) is -0.472. The van der Waals surface area contributed by atoms with E-state index in [2.05, 4.69) is 19.8 Å². The van der Waals surface area contributed by atoms with Gasteiger partial charge in [-0.15, -0.1) is 0 Å². The van der Waals surface area contributed by atoms with Crippen LogP contribution in [0.1, 0.15) is 57.7 Å². The Hall–Kier alpha value is -1.97. The Kier molecular flexibility index (Phi) is 7.94. The van der Waals surface area contributed by atoms with Crippen molar-refractivity contribution in [2.75, 3.05) is 33.7 Å². The lowest BCUT2D eigenvalue weighted by Gasteiger charge is -2.33. The lowest BCUT2D eigenvalue weighted by atomic mass is 10.0. The van der Waals surface area contributed by atoms with E-state index < -0.39 is 10.0 Å². The number of amides is 1. The van der Waals surface area contributed by atoms with Crippen LogP contribution in [0.5, 0.6) is 0 Å². The number of carbonyl (C=O) groups is 1. The van der Waals surface area contributed by atoms with Crippen LogP contribution in [0.3, 0.4) is 0 Å². The molecule has 0 atom stereocenters. The summed E-state index contributed by atoms with van der Waals surface area (Å²) in [4.78, 5) is 20.2. The molecule has 1 aromatic heterocycles. The zero-order valence-corrected chi connectivity index (χ0v) is 21.6. The van der Waals surface area contributed by atoms with E-state index in [-0.39, 0.29) is 16.8 Å². The van der Waals surface area contributed by atoms with Crippen molar-refractivity contribution in [3.05, 3.63) is 24.0 Å². The van der Waals surface area contributed by atoms with Crippen LogP contribution in [0.15, 0.2) is 23.1 Å². The van der Waals surface area contributed by atoms with Gasteiger partial charge >= 0.3 is 0 Å². The first kappa shape index (κ1) is 25.1. The molecule has 1 saturated heterocycles. The fraction of sp³-hybridized carbons (Fsp3) is 0.680. The molecule has 34 heavy (non-hydrogen) atoms. The van der Waals surface area contributed by atoms with Crippen molar-refractivity contribution in [3.63, 3.8) is 0 Å². The minimum atomic E-state index is -3.52. The molecule has 8 nitrogen and oxygen atoms in total. The molecule has 9 heteroatoms. The Bertz CT molecular complexity index is 1100. The second kappa shape index (κ2) is 10.7. The van der Waals surface area contributed by atoms with Crippen molar-refractivity contribution in [1.82, 2.24) is 24.1 Å². The maximum Gasteiger partial charge on any atom is 0.242 e. The maximum absolute atomic E-state index is 12.7. The van der Waals surface area contributed by atoms with Gasteiger partial charge in [0.2, 0.25) is 15.9 Å². The molecular weight excluding hydrogens is 450 g/mol. The number of fused-ring (bicyclic) bond motifs is 1. The summed E-state index contributed by atoms with van der Waals surface area (Å²) in [5.41, 5.74) is 1.54. The average molecular weight is 490 g/mol. The Morgan fingerprint density at radius 1 is 1.15 bits per heavy atom. The predicted molar refractivity (Wildman–Crippen MR) is 134 cm³/mol. The number of nitrogens with one attached hydrogen (secondary N) is 1. The fourth-order valence-corrected chi connectivity index (χ4v) is 6.34. The number of sulfonamides is 1. The van der Waals surface area contributed by atoms with Gasteiger partial charge in [-0.1, -0.05) is 12.8 Å². The molecule has 1 aromatic carbocycles. The summed E-state index contributed by atoms with van der Waals surface area (Å²) in [5.74, 6) is 1.77. The quantitative estimate of drug-likeness (QED) is 0.585. The summed E-state index contributed by atoms with van der Waals surface area (Å²) in [6.07, 6.45) is 8.50. The van der Waals surface area contributed by atoms with Crippen LogP contribution in [0, 0.1) is 5.92 Å². The van der Waals surface area contributed by atoms with Gasteiger partial charge in [-0.05, 0) is 56.7 Å². The second-order valence-corrected chi connectivity index (χ2v) is 12.2. The van der Waals surface area contributed by atoms with Gasteiger partial charge in [0.1, 0.15) is 5.82 Å². The number of carbonyl (C=O) groups excluding carboxylic acids is 1. The van der Waals surface area contributed by atoms with E-state index in [1.165, 1.54) is 50.6 Å². The molecular formula is C25H39N5O3S. The van der Waals surface area contributed by atoms with Crippen LogP contribution < -0.4 is 5.32 Å². The first-order valence-electron chi connectivity index (χ1n) is 12.7. The van der Waals surface area contributed by atoms with Crippen LogP contribution in [0.2, 0.25) is 0 Å². The first-order valence-corrected chi connectivity index (χ1v) is 14.2. The van der Waals surface area contributed by atoms with E-state index >= 15 is 0 Å². The van der Waals surface area contributed by atoms with Crippen LogP contribution in [0.25, 0.3) is 11.0 Å². The number of aromatic nitrogens is 2. The van der Waals surface area contributed by atoms with Gasteiger partial charge in [-0.2, -0.15) is 0 Å². The monoisotopic (exact) mass is 489 g/mol. The number of aryl methyl sites for hydroxylation is 2. The lowest BCUT2D eigenvalue weighted by molar-refractivity contribution is -0.122. The molecule has 4 rings (SSSR count). The van der Waals surface area contributed by atoms with Crippen LogP contribution in [-0.4, -0.2) is 72.9 Å². The Labute approximate surface area is 203 Å². The number of hydrogen-bond acceptors (Lipinski definition) is 5. The molecule has 0 spiro atoms. The average Bonchev–Trinajstić information content (AvgIpc) is 3.45. The number of likely N-dealkylation sites (tertiary alicyclic amines) is 1. The third-order valence-corrected chi connectivity index (χ3v) is 9.22. The van der Waals surface area contributed by atoms with Crippen molar-refractivity contribution in [1.29, 1.82) is 0 Å². The minimum absolute atomic E-state index is 0.0693. The highest BCUT2D eigenvalue weighted by atomic mass is 32.2. The zero-order chi connectivity index (χ0) is 24.3. The highest BCUT2D eigenvalue weighted by Gasteiger charge is 2.24. The van der Waals surface area contributed by atoms with Crippen LogP contribution in [-0.2, 0) is 27.8 Å². The van der Waals surface area contributed by atoms with Gasteiger partial charge in [0.25, 0.3) is 0 Å². The van der Waals surface area contributed by atoms with Crippen molar-refractivity contribution < 1.29 is 13.2 Å². The fourth-order valence-electron chi connectivity index (χ4n) is 5.42. The minimum Gasteiger partial charge on any atom is -0.353 e. The second-order valence-electron chi connectivity index (χ2n) is 10.0. The third-order valence-electron chi connectivity index (χ3n) is 7.41. The molecule has 1 N–H and O–H groups in total. The summed E-state index contributed by atoms with van der Waals surface area (Å²) in [5, 5.41) is 3.23. The van der Waals surface area contributed by atoms with E-state index in [0.717, 1.165) is 43.2 Å². The Balaban J connectivity index is 1.32. The van der Waals surface area contributed by atoms with Crippen molar-refractivity contribution in [2.24, 2.45) is 5.92 Å². The highest BCUT2D eigenvalue weighted by molar-refractivity contribution is 7.89. The topological polar surface area (TPSA) is 87.5 Å². The van der Waals surface area contributed by atoms with Gasteiger partial charge < -0.3 is 14.8 Å². The zero-order valence-electron chi connectivity index (χ0n) is 20.8. The summed E-state index contributed by atoms with van der Waals surface area (Å²) < 4.78 is 28.2. The molecule has 0 unspecified atom stereocenters. The van der Waals surface area contributed by atoms with E-state index in [9.17, 15) is 13.2 Å². The SMILES string of the molecule is CCn1c(CCC(=O)NC2CCN(CC3CCCC3)CC2)nc2cc(S(=O)(=O)N(C)C)ccc21. The number of piperidine rings is 1. The third kappa shape index (κ3) is 5.63. The molecule has 2 aliphatic rings. The van der Waals surface area contributed by atoms with Crippen LogP contribution in [0.4, 0.5) is 0 Å². The number of benzene rings is 1. The van der Waals surface area contributed by atoms with E-state index in [1.807, 2.05) is 13.0 Å².